The quantitative estimate of drug-likeness (QED) is 0.627. The normalized spacial score (nSPS) is 50.2. The van der Waals surface area contributed by atoms with E-state index in [-0.39, 0.29) is 17.4 Å². The van der Waals surface area contributed by atoms with Crippen LogP contribution in [0.3, 0.4) is 0 Å². The second-order valence-corrected chi connectivity index (χ2v) is 4.90. The molecule has 2 rings (SSSR count). The van der Waals surface area contributed by atoms with Crippen LogP contribution in [-0.2, 0) is 4.79 Å². The molecule has 0 aliphatic heterocycles. The van der Waals surface area contributed by atoms with Crippen molar-refractivity contribution in [3.63, 3.8) is 0 Å². The highest BCUT2D eigenvalue weighted by molar-refractivity contribution is 5.54. The molecule has 2 aliphatic rings. The lowest BCUT2D eigenvalue weighted by molar-refractivity contribution is -0.116. The molecule has 1 N–H and O–H groups in total. The fourth-order valence-corrected chi connectivity index (χ4v) is 3.38. The van der Waals surface area contributed by atoms with Gasteiger partial charge in [0.25, 0.3) is 0 Å². The van der Waals surface area contributed by atoms with Crippen molar-refractivity contribution >= 4 is 6.29 Å². The molecule has 2 nitrogen and oxygen atoms in total. The van der Waals surface area contributed by atoms with Crippen LogP contribution in [0, 0.1) is 17.3 Å². The Hall–Kier alpha value is -0.370. The Kier molecular flexibility index (Phi) is 2.18. The van der Waals surface area contributed by atoms with Gasteiger partial charge in [0, 0.05) is 5.92 Å². The molecule has 0 heterocycles. The van der Waals surface area contributed by atoms with E-state index in [1.807, 2.05) is 0 Å². The van der Waals surface area contributed by atoms with Gasteiger partial charge in [-0.15, -0.1) is 0 Å². The van der Waals surface area contributed by atoms with Gasteiger partial charge in [-0.05, 0) is 37.0 Å². The zero-order valence-electron chi connectivity index (χ0n) is 8.20. The molecule has 0 aromatic heterocycles. The molecule has 0 saturated heterocycles. The first-order valence-corrected chi connectivity index (χ1v) is 5.32. The van der Waals surface area contributed by atoms with Gasteiger partial charge in [-0.1, -0.05) is 13.3 Å². The Balaban J connectivity index is 2.22. The van der Waals surface area contributed by atoms with Gasteiger partial charge in [0.15, 0.2) is 0 Å². The Morgan fingerprint density at radius 2 is 2.15 bits per heavy atom. The van der Waals surface area contributed by atoms with Crippen molar-refractivity contribution in [3.8, 4) is 0 Å². The summed E-state index contributed by atoms with van der Waals surface area (Å²) in [4.78, 5) is 10.9. The third kappa shape index (κ3) is 1.23. The third-order valence-corrected chi connectivity index (χ3v) is 4.30. The van der Waals surface area contributed by atoms with Crippen LogP contribution in [0.4, 0.5) is 0 Å². The molecule has 13 heavy (non-hydrogen) atoms. The van der Waals surface area contributed by atoms with E-state index in [2.05, 4.69) is 6.92 Å². The van der Waals surface area contributed by atoms with Crippen LogP contribution in [0.25, 0.3) is 0 Å². The summed E-state index contributed by atoms with van der Waals surface area (Å²) >= 11 is 0. The van der Waals surface area contributed by atoms with Crippen LogP contribution >= 0.6 is 0 Å². The molecule has 4 atom stereocenters. The summed E-state index contributed by atoms with van der Waals surface area (Å²) in [6, 6.07) is 0. The van der Waals surface area contributed by atoms with Gasteiger partial charge in [0.1, 0.15) is 6.29 Å². The summed E-state index contributed by atoms with van der Waals surface area (Å²) in [6.45, 7) is 2.16. The molecule has 0 aromatic rings. The Morgan fingerprint density at radius 3 is 2.85 bits per heavy atom. The van der Waals surface area contributed by atoms with Crippen molar-refractivity contribution < 1.29 is 9.90 Å². The van der Waals surface area contributed by atoms with Crippen LogP contribution in [-0.4, -0.2) is 17.5 Å². The largest absolute Gasteiger partial charge is 0.393 e. The molecular formula is C11H18O2. The van der Waals surface area contributed by atoms with E-state index in [1.165, 1.54) is 0 Å². The van der Waals surface area contributed by atoms with Crippen molar-refractivity contribution in [2.75, 3.05) is 0 Å². The molecule has 0 bridgehead atoms. The lowest BCUT2D eigenvalue weighted by atomic mass is 9.64. The highest BCUT2D eigenvalue weighted by atomic mass is 16.3. The number of aliphatic hydroxyl groups is 1. The van der Waals surface area contributed by atoms with E-state index in [0.717, 1.165) is 38.4 Å². The molecular weight excluding hydrogens is 164 g/mol. The zero-order valence-corrected chi connectivity index (χ0v) is 8.20. The number of aliphatic hydroxyl groups excluding tert-OH is 1. The molecule has 2 saturated carbocycles. The number of rotatable bonds is 1. The van der Waals surface area contributed by atoms with E-state index in [0.29, 0.717) is 5.92 Å². The van der Waals surface area contributed by atoms with Crippen LogP contribution in [0.1, 0.15) is 39.0 Å². The number of hydrogen-bond acceptors (Lipinski definition) is 2. The van der Waals surface area contributed by atoms with Gasteiger partial charge in [0.2, 0.25) is 0 Å². The highest BCUT2D eigenvalue weighted by Gasteiger charge is 2.50. The fraction of sp³-hybridized carbons (Fsp3) is 0.909. The average molecular weight is 182 g/mol. The monoisotopic (exact) mass is 182 g/mol. The first-order chi connectivity index (χ1) is 6.18. The van der Waals surface area contributed by atoms with E-state index in [1.54, 1.807) is 0 Å². The summed E-state index contributed by atoms with van der Waals surface area (Å²) in [5.74, 6) is 0.671. The third-order valence-electron chi connectivity index (χ3n) is 4.30. The highest BCUT2D eigenvalue weighted by Crippen LogP contribution is 2.53. The maximum absolute atomic E-state index is 10.9. The second kappa shape index (κ2) is 3.09. The second-order valence-electron chi connectivity index (χ2n) is 4.90. The topological polar surface area (TPSA) is 37.3 Å². The maximum atomic E-state index is 10.9. The van der Waals surface area contributed by atoms with Crippen LogP contribution < -0.4 is 0 Å². The van der Waals surface area contributed by atoms with Gasteiger partial charge in [-0.25, -0.2) is 0 Å². The van der Waals surface area contributed by atoms with Gasteiger partial charge in [0.05, 0.1) is 6.10 Å². The molecule has 0 amide bonds. The van der Waals surface area contributed by atoms with Crippen molar-refractivity contribution in [1.29, 1.82) is 0 Å². The molecule has 0 spiro atoms. The van der Waals surface area contributed by atoms with Crippen molar-refractivity contribution in [2.45, 2.75) is 45.1 Å². The zero-order chi connectivity index (χ0) is 9.47. The maximum Gasteiger partial charge on any atom is 0.123 e. The summed E-state index contributed by atoms with van der Waals surface area (Å²) in [5.41, 5.74) is 0.0455. The van der Waals surface area contributed by atoms with Crippen molar-refractivity contribution in [3.05, 3.63) is 0 Å². The average Bonchev–Trinajstić information content (AvgIpc) is 2.43. The molecule has 3 unspecified atom stereocenters. The van der Waals surface area contributed by atoms with Crippen LogP contribution in [0.15, 0.2) is 0 Å². The summed E-state index contributed by atoms with van der Waals surface area (Å²) in [6.07, 6.45) is 6.13. The summed E-state index contributed by atoms with van der Waals surface area (Å²) in [5, 5.41) is 9.88. The van der Waals surface area contributed by atoms with Gasteiger partial charge in [-0.2, -0.15) is 0 Å². The summed E-state index contributed by atoms with van der Waals surface area (Å²) in [7, 11) is 0. The van der Waals surface area contributed by atoms with Crippen molar-refractivity contribution in [2.24, 2.45) is 17.3 Å². The number of carbonyl (C=O) groups is 1. The first kappa shape index (κ1) is 9.20. The van der Waals surface area contributed by atoms with Crippen LogP contribution in [0.2, 0.25) is 0 Å². The lowest BCUT2D eigenvalue weighted by Gasteiger charge is -2.41. The summed E-state index contributed by atoms with van der Waals surface area (Å²) < 4.78 is 0. The predicted molar refractivity (Wildman–Crippen MR) is 50.2 cm³/mol. The Morgan fingerprint density at radius 1 is 1.38 bits per heavy atom. The SMILES string of the molecule is CC12CCCC(C=O)[C@@H]1CCC2O. The minimum Gasteiger partial charge on any atom is -0.393 e. The number of aldehydes is 1. The minimum absolute atomic E-state index is 0.0455. The molecule has 2 heteroatoms. The van der Waals surface area contributed by atoms with Crippen LogP contribution in [0.5, 0.6) is 0 Å². The van der Waals surface area contributed by atoms with E-state index >= 15 is 0 Å². The smallest absolute Gasteiger partial charge is 0.123 e. The minimum atomic E-state index is -0.166. The van der Waals surface area contributed by atoms with E-state index < -0.39 is 0 Å². The molecule has 2 fully saturated rings. The number of fused-ring (bicyclic) bond motifs is 1. The Labute approximate surface area is 79.3 Å². The standard InChI is InChI=1S/C11H18O2/c1-11-6-2-3-8(7-12)9(11)4-5-10(11)13/h7-10,13H,2-6H2,1H3/t8?,9-,10?,11?/m0/s1. The molecule has 0 radical (unpaired) electrons. The first-order valence-electron chi connectivity index (χ1n) is 5.32. The molecule has 0 aromatic carbocycles. The fourth-order valence-electron chi connectivity index (χ4n) is 3.38. The van der Waals surface area contributed by atoms with Crippen molar-refractivity contribution in [1.82, 2.24) is 0 Å². The van der Waals surface area contributed by atoms with E-state index in [9.17, 15) is 9.90 Å². The van der Waals surface area contributed by atoms with Gasteiger partial charge < -0.3 is 9.90 Å². The number of hydrogen-bond donors (Lipinski definition) is 1. The Bertz CT molecular complexity index is 214. The predicted octanol–water partition coefficient (Wildman–Crippen LogP) is 1.76. The van der Waals surface area contributed by atoms with Gasteiger partial charge >= 0.3 is 0 Å². The lowest BCUT2D eigenvalue weighted by Crippen LogP contribution is -2.39. The molecule has 2 aliphatic carbocycles. The number of carbonyl (C=O) groups excluding carboxylic acids is 1. The molecule has 74 valence electrons. The van der Waals surface area contributed by atoms with E-state index in [4.69, 9.17) is 0 Å². The van der Waals surface area contributed by atoms with Gasteiger partial charge in [-0.3, -0.25) is 0 Å².